The van der Waals surface area contributed by atoms with Gasteiger partial charge in [0.1, 0.15) is 18.2 Å². The second kappa shape index (κ2) is 13.1. The number of unbranched alkanes of at least 4 members (excludes halogenated alkanes) is 2. The largest absolute Gasteiger partial charge is 0.444 e. The Hall–Kier alpha value is -2.57. The summed E-state index contributed by atoms with van der Waals surface area (Å²) in [5.74, 6) is -0.534. The molecule has 0 heterocycles. The van der Waals surface area contributed by atoms with Gasteiger partial charge in [0.15, 0.2) is 0 Å². The first kappa shape index (κ1) is 27.5. The quantitative estimate of drug-likeness (QED) is 0.492. The number of hydrogen-bond acceptors (Lipinski definition) is 4. The number of alkyl carbamates (subject to hydrolysis) is 1. The molecule has 0 saturated carbocycles. The Morgan fingerprint density at radius 2 is 1.69 bits per heavy atom. The maximum Gasteiger partial charge on any atom is 0.408 e. The van der Waals surface area contributed by atoms with Gasteiger partial charge in [-0.25, -0.2) is 4.79 Å². The Balaban J connectivity index is 3.11. The predicted molar refractivity (Wildman–Crippen MR) is 127 cm³/mol. The van der Waals surface area contributed by atoms with Crippen LogP contribution in [0.5, 0.6) is 0 Å². The van der Waals surface area contributed by atoms with E-state index in [0.29, 0.717) is 19.5 Å². The molecule has 1 atom stereocenters. The first-order valence-electron chi connectivity index (χ1n) is 11.6. The van der Waals surface area contributed by atoms with Gasteiger partial charge < -0.3 is 20.3 Å². The molecule has 7 nitrogen and oxygen atoms in total. The summed E-state index contributed by atoms with van der Waals surface area (Å²) in [7, 11) is 0. The van der Waals surface area contributed by atoms with E-state index in [0.717, 1.165) is 36.0 Å². The van der Waals surface area contributed by atoms with E-state index in [1.54, 1.807) is 25.7 Å². The summed E-state index contributed by atoms with van der Waals surface area (Å²) in [5, 5.41) is 5.51. The lowest BCUT2D eigenvalue weighted by Gasteiger charge is -2.32. The van der Waals surface area contributed by atoms with Gasteiger partial charge in [-0.15, -0.1) is 0 Å². The summed E-state index contributed by atoms with van der Waals surface area (Å²) >= 11 is 0. The average Bonchev–Trinajstić information content (AvgIpc) is 2.70. The van der Waals surface area contributed by atoms with E-state index in [1.807, 2.05) is 39.0 Å². The molecular weight excluding hydrogens is 406 g/mol. The number of nitrogens with one attached hydrogen (secondary N) is 2. The van der Waals surface area contributed by atoms with Crippen LogP contribution in [0.25, 0.3) is 0 Å². The van der Waals surface area contributed by atoms with E-state index in [1.165, 1.54) is 0 Å². The molecule has 0 radical (unpaired) electrons. The standard InChI is InChI=1S/C25H41N3O4/c1-8-10-11-14-26-23(30)22(20-13-12-18(3)19(4)16-20)28(15-9-2)21(29)17-27-24(31)32-25(5,6)7/h12-13,16,22H,8-11,14-15,17H2,1-7H3,(H,26,30)(H,27,31). The minimum absolute atomic E-state index is 0.205. The summed E-state index contributed by atoms with van der Waals surface area (Å²) in [6, 6.07) is 5.07. The van der Waals surface area contributed by atoms with Crippen molar-refractivity contribution in [1.29, 1.82) is 0 Å². The van der Waals surface area contributed by atoms with Gasteiger partial charge in [-0.3, -0.25) is 9.59 Å². The average molecular weight is 448 g/mol. The predicted octanol–water partition coefficient (Wildman–Crippen LogP) is 4.41. The summed E-state index contributed by atoms with van der Waals surface area (Å²) in [6.07, 6.45) is 3.01. The Labute approximate surface area is 193 Å². The van der Waals surface area contributed by atoms with Crippen LogP contribution in [0.3, 0.4) is 0 Å². The monoisotopic (exact) mass is 447 g/mol. The third kappa shape index (κ3) is 9.28. The van der Waals surface area contributed by atoms with Gasteiger partial charge in [-0.05, 0) is 64.2 Å². The SMILES string of the molecule is CCCCCNC(=O)C(c1ccc(C)c(C)c1)N(CCC)C(=O)CNC(=O)OC(C)(C)C. The van der Waals surface area contributed by atoms with Gasteiger partial charge in [-0.1, -0.05) is 44.9 Å². The van der Waals surface area contributed by atoms with Crippen LogP contribution in [0.4, 0.5) is 4.79 Å². The normalized spacial score (nSPS) is 12.1. The molecule has 1 unspecified atom stereocenters. The van der Waals surface area contributed by atoms with Crippen molar-refractivity contribution in [2.45, 2.75) is 85.8 Å². The Morgan fingerprint density at radius 3 is 2.25 bits per heavy atom. The molecule has 0 spiro atoms. The molecule has 180 valence electrons. The molecule has 0 bridgehead atoms. The van der Waals surface area contributed by atoms with Gasteiger partial charge in [0.25, 0.3) is 0 Å². The maximum absolute atomic E-state index is 13.2. The highest BCUT2D eigenvalue weighted by Gasteiger charge is 2.31. The molecule has 1 aromatic rings. The molecule has 0 fully saturated rings. The van der Waals surface area contributed by atoms with Crippen molar-refractivity contribution in [1.82, 2.24) is 15.5 Å². The van der Waals surface area contributed by atoms with Crippen molar-refractivity contribution in [2.24, 2.45) is 0 Å². The highest BCUT2D eigenvalue weighted by molar-refractivity contribution is 5.90. The van der Waals surface area contributed by atoms with Crippen molar-refractivity contribution in [3.8, 4) is 0 Å². The van der Waals surface area contributed by atoms with Crippen LogP contribution >= 0.6 is 0 Å². The van der Waals surface area contributed by atoms with Crippen molar-refractivity contribution < 1.29 is 19.1 Å². The smallest absolute Gasteiger partial charge is 0.408 e. The summed E-state index contributed by atoms with van der Waals surface area (Å²) in [5.41, 5.74) is 2.29. The minimum atomic E-state index is -0.760. The zero-order valence-electron chi connectivity index (χ0n) is 20.8. The molecular formula is C25H41N3O4. The number of benzene rings is 1. The molecule has 1 aromatic carbocycles. The van der Waals surface area contributed by atoms with E-state index in [4.69, 9.17) is 4.74 Å². The fraction of sp³-hybridized carbons (Fsp3) is 0.640. The fourth-order valence-electron chi connectivity index (χ4n) is 3.29. The minimum Gasteiger partial charge on any atom is -0.444 e. The molecule has 7 heteroatoms. The molecule has 0 aliphatic carbocycles. The summed E-state index contributed by atoms with van der Waals surface area (Å²) in [4.78, 5) is 39.9. The number of aryl methyl sites for hydroxylation is 2. The third-order valence-electron chi connectivity index (χ3n) is 5.05. The second-order valence-corrected chi connectivity index (χ2v) is 9.19. The van der Waals surface area contributed by atoms with Crippen LogP contribution < -0.4 is 10.6 Å². The van der Waals surface area contributed by atoms with E-state index in [-0.39, 0.29) is 18.4 Å². The Morgan fingerprint density at radius 1 is 1.00 bits per heavy atom. The summed E-state index contributed by atoms with van der Waals surface area (Å²) < 4.78 is 5.23. The third-order valence-corrected chi connectivity index (χ3v) is 5.05. The number of ether oxygens (including phenoxy) is 1. The lowest BCUT2D eigenvalue weighted by molar-refractivity contribution is -0.140. The van der Waals surface area contributed by atoms with E-state index in [9.17, 15) is 14.4 Å². The van der Waals surface area contributed by atoms with E-state index >= 15 is 0 Å². The highest BCUT2D eigenvalue weighted by atomic mass is 16.6. The first-order chi connectivity index (χ1) is 15.0. The van der Waals surface area contributed by atoms with Crippen molar-refractivity contribution >= 4 is 17.9 Å². The summed E-state index contributed by atoms with van der Waals surface area (Å²) in [6.45, 7) is 14.1. The molecule has 32 heavy (non-hydrogen) atoms. The van der Waals surface area contributed by atoms with Gasteiger partial charge in [0, 0.05) is 13.1 Å². The molecule has 2 N–H and O–H groups in total. The molecule has 0 saturated heterocycles. The number of hydrogen-bond donors (Lipinski definition) is 2. The lowest BCUT2D eigenvalue weighted by Crippen LogP contribution is -2.48. The van der Waals surface area contributed by atoms with Crippen LogP contribution in [0.2, 0.25) is 0 Å². The number of amides is 3. The number of rotatable bonds is 11. The van der Waals surface area contributed by atoms with Gasteiger partial charge in [0.05, 0.1) is 0 Å². The van der Waals surface area contributed by atoms with Gasteiger partial charge in [0.2, 0.25) is 11.8 Å². The van der Waals surface area contributed by atoms with Crippen LogP contribution in [-0.4, -0.2) is 48.0 Å². The van der Waals surface area contributed by atoms with E-state index in [2.05, 4.69) is 17.6 Å². The fourth-order valence-corrected chi connectivity index (χ4v) is 3.29. The second-order valence-electron chi connectivity index (χ2n) is 9.19. The first-order valence-corrected chi connectivity index (χ1v) is 11.6. The van der Waals surface area contributed by atoms with Crippen molar-refractivity contribution in [2.75, 3.05) is 19.6 Å². The van der Waals surface area contributed by atoms with Crippen molar-refractivity contribution in [3.63, 3.8) is 0 Å². The maximum atomic E-state index is 13.2. The highest BCUT2D eigenvalue weighted by Crippen LogP contribution is 2.24. The molecule has 0 aliphatic rings. The molecule has 1 rings (SSSR count). The van der Waals surface area contributed by atoms with Crippen LogP contribution in [-0.2, 0) is 14.3 Å². The van der Waals surface area contributed by atoms with Crippen LogP contribution in [0, 0.1) is 13.8 Å². The molecule has 0 aromatic heterocycles. The molecule has 0 aliphatic heterocycles. The zero-order chi connectivity index (χ0) is 24.3. The zero-order valence-corrected chi connectivity index (χ0v) is 20.8. The van der Waals surface area contributed by atoms with Gasteiger partial charge >= 0.3 is 6.09 Å². The molecule has 3 amide bonds. The van der Waals surface area contributed by atoms with Crippen LogP contribution in [0.15, 0.2) is 18.2 Å². The Kier molecular flexibility index (Phi) is 11.2. The van der Waals surface area contributed by atoms with E-state index < -0.39 is 17.7 Å². The number of carbonyl (C=O) groups excluding carboxylic acids is 3. The van der Waals surface area contributed by atoms with Gasteiger partial charge in [-0.2, -0.15) is 0 Å². The topological polar surface area (TPSA) is 87.7 Å². The van der Waals surface area contributed by atoms with Crippen LogP contribution in [0.1, 0.15) is 83.0 Å². The Bertz CT molecular complexity index is 771. The van der Waals surface area contributed by atoms with Crippen molar-refractivity contribution in [3.05, 3.63) is 34.9 Å². The lowest BCUT2D eigenvalue weighted by atomic mass is 9.98. The number of nitrogens with zero attached hydrogens (tertiary/aromatic N) is 1. The number of carbonyl (C=O) groups is 3.